The summed E-state index contributed by atoms with van der Waals surface area (Å²) in [6, 6.07) is 4.06. The van der Waals surface area contributed by atoms with Gasteiger partial charge in [-0.05, 0) is 44.9 Å². The van der Waals surface area contributed by atoms with Crippen LogP contribution in [-0.2, 0) is 4.79 Å². The van der Waals surface area contributed by atoms with E-state index in [4.69, 9.17) is 33.7 Å². The third kappa shape index (κ3) is 5.37. The number of nitrogens with zero attached hydrogens (tertiary/aromatic N) is 4. The van der Waals surface area contributed by atoms with Gasteiger partial charge in [0.2, 0.25) is 0 Å². The van der Waals surface area contributed by atoms with Gasteiger partial charge in [-0.2, -0.15) is 5.10 Å². The van der Waals surface area contributed by atoms with E-state index in [1.54, 1.807) is 32.3 Å². The van der Waals surface area contributed by atoms with E-state index in [-0.39, 0.29) is 21.9 Å². The lowest BCUT2D eigenvalue weighted by Gasteiger charge is -2.34. The zero-order valence-electron chi connectivity index (χ0n) is 19.3. The molecule has 2 unspecified atom stereocenters. The van der Waals surface area contributed by atoms with Crippen LogP contribution in [0, 0.1) is 5.82 Å². The summed E-state index contributed by atoms with van der Waals surface area (Å²) < 4.78 is 21.8. The summed E-state index contributed by atoms with van der Waals surface area (Å²) in [5.41, 5.74) is 7.95. The molecule has 0 amide bonds. The number of carboxylic acid groups (broad SMARTS) is 1. The van der Waals surface area contributed by atoms with Crippen molar-refractivity contribution in [1.82, 2.24) is 19.7 Å². The van der Waals surface area contributed by atoms with Crippen LogP contribution in [0.15, 0.2) is 36.8 Å². The molecule has 0 spiro atoms. The fourth-order valence-electron chi connectivity index (χ4n) is 4.25. The van der Waals surface area contributed by atoms with E-state index in [2.05, 4.69) is 10.1 Å². The first-order chi connectivity index (χ1) is 16.7. The van der Waals surface area contributed by atoms with Crippen LogP contribution in [0.25, 0.3) is 11.1 Å². The van der Waals surface area contributed by atoms with Gasteiger partial charge in [-0.3, -0.25) is 14.4 Å². The molecule has 186 valence electrons. The van der Waals surface area contributed by atoms with Crippen molar-refractivity contribution in [3.05, 3.63) is 58.2 Å². The minimum absolute atomic E-state index is 0.0993. The Hall–Kier alpha value is -2.88. The number of likely N-dealkylation sites (tertiary alicyclic amines) is 1. The first-order valence-electron chi connectivity index (χ1n) is 11.2. The van der Waals surface area contributed by atoms with E-state index in [0.717, 1.165) is 24.0 Å². The molecule has 0 saturated carbocycles. The van der Waals surface area contributed by atoms with E-state index in [0.29, 0.717) is 24.4 Å². The van der Waals surface area contributed by atoms with Gasteiger partial charge in [-0.25, -0.2) is 9.37 Å². The van der Waals surface area contributed by atoms with Crippen molar-refractivity contribution in [2.75, 3.05) is 18.8 Å². The van der Waals surface area contributed by atoms with Crippen molar-refractivity contribution in [2.24, 2.45) is 0 Å². The lowest BCUT2D eigenvalue weighted by molar-refractivity contribution is -0.143. The highest BCUT2D eigenvalue weighted by atomic mass is 35.5. The molecule has 0 radical (unpaired) electrons. The second kappa shape index (κ2) is 10.4. The summed E-state index contributed by atoms with van der Waals surface area (Å²) in [6.45, 7) is 4.80. The number of nitrogens with two attached hydrogens (primary N) is 1. The molecule has 1 aromatic carbocycles. The van der Waals surface area contributed by atoms with Crippen molar-refractivity contribution in [3.8, 4) is 16.9 Å². The molecule has 1 aliphatic heterocycles. The summed E-state index contributed by atoms with van der Waals surface area (Å²) in [6.07, 6.45) is 6.24. The minimum atomic E-state index is -0.810. The maximum atomic E-state index is 14.0. The molecule has 1 saturated heterocycles. The van der Waals surface area contributed by atoms with Crippen LogP contribution in [0.3, 0.4) is 0 Å². The van der Waals surface area contributed by atoms with Crippen LogP contribution in [0.5, 0.6) is 5.75 Å². The van der Waals surface area contributed by atoms with Gasteiger partial charge in [-0.1, -0.05) is 23.2 Å². The molecular formula is C24H26Cl2FN5O3. The van der Waals surface area contributed by atoms with Crippen molar-refractivity contribution < 1.29 is 19.0 Å². The fraction of sp³-hybridized carbons (Fsp3) is 0.375. The molecule has 2 atom stereocenters. The van der Waals surface area contributed by atoms with E-state index < -0.39 is 23.9 Å². The molecule has 0 aliphatic carbocycles. The van der Waals surface area contributed by atoms with Crippen molar-refractivity contribution in [3.63, 3.8) is 0 Å². The highest BCUT2D eigenvalue weighted by Crippen LogP contribution is 2.37. The minimum Gasteiger partial charge on any atom is -0.482 e. The van der Waals surface area contributed by atoms with Crippen LogP contribution in [-0.4, -0.2) is 49.9 Å². The van der Waals surface area contributed by atoms with Gasteiger partial charge in [0.05, 0.1) is 17.3 Å². The highest BCUT2D eigenvalue weighted by molar-refractivity contribution is 6.36. The van der Waals surface area contributed by atoms with E-state index in [9.17, 15) is 14.3 Å². The molecule has 8 nitrogen and oxygen atoms in total. The van der Waals surface area contributed by atoms with Crippen LogP contribution in [0.4, 0.5) is 10.2 Å². The summed E-state index contributed by atoms with van der Waals surface area (Å²) in [5, 5.41) is 13.9. The summed E-state index contributed by atoms with van der Waals surface area (Å²) in [7, 11) is 0. The molecule has 0 bridgehead atoms. The van der Waals surface area contributed by atoms with Gasteiger partial charge in [0.15, 0.2) is 11.6 Å². The van der Waals surface area contributed by atoms with Gasteiger partial charge < -0.3 is 15.6 Å². The lowest BCUT2D eigenvalue weighted by atomic mass is 10.0. The van der Waals surface area contributed by atoms with Crippen molar-refractivity contribution in [2.45, 2.75) is 44.9 Å². The summed E-state index contributed by atoms with van der Waals surface area (Å²) >= 11 is 12.3. The Balaban J connectivity index is 1.49. The van der Waals surface area contributed by atoms with Gasteiger partial charge >= 0.3 is 5.97 Å². The molecule has 1 aliphatic rings. The molecule has 3 aromatic rings. The molecule has 3 N–H and O–H groups in total. The average molecular weight is 522 g/mol. The number of hydrogen-bond acceptors (Lipinski definition) is 6. The Bertz CT molecular complexity index is 1230. The van der Waals surface area contributed by atoms with Crippen LogP contribution in [0.1, 0.15) is 44.4 Å². The number of rotatable bonds is 7. The normalized spacial score (nSPS) is 16.7. The Morgan fingerprint density at radius 1 is 1.23 bits per heavy atom. The Morgan fingerprint density at radius 2 is 1.94 bits per heavy atom. The first-order valence-corrected chi connectivity index (χ1v) is 12.0. The number of halogens is 3. The predicted octanol–water partition coefficient (Wildman–Crippen LogP) is 5.22. The summed E-state index contributed by atoms with van der Waals surface area (Å²) in [5.74, 6) is -0.904. The van der Waals surface area contributed by atoms with Crippen LogP contribution < -0.4 is 10.5 Å². The zero-order chi connectivity index (χ0) is 25.3. The van der Waals surface area contributed by atoms with Crippen LogP contribution >= 0.6 is 23.2 Å². The highest BCUT2D eigenvalue weighted by Gasteiger charge is 2.27. The van der Waals surface area contributed by atoms with Gasteiger partial charge in [-0.15, -0.1) is 0 Å². The van der Waals surface area contributed by atoms with Gasteiger partial charge in [0, 0.05) is 47.2 Å². The Morgan fingerprint density at radius 3 is 2.63 bits per heavy atom. The number of carboxylic acids is 1. The molecule has 11 heteroatoms. The fourth-order valence-corrected chi connectivity index (χ4v) is 4.93. The number of pyridine rings is 1. The third-order valence-electron chi connectivity index (χ3n) is 6.38. The zero-order valence-corrected chi connectivity index (χ0v) is 20.8. The molecule has 1 fully saturated rings. The number of piperidine rings is 1. The number of aromatic nitrogens is 3. The van der Waals surface area contributed by atoms with Crippen LogP contribution in [0.2, 0.25) is 10.0 Å². The Kier molecular flexibility index (Phi) is 7.49. The topological polar surface area (TPSA) is 106 Å². The lowest BCUT2D eigenvalue weighted by Crippen LogP contribution is -2.44. The maximum absolute atomic E-state index is 14.0. The monoisotopic (exact) mass is 521 g/mol. The number of benzene rings is 1. The molecule has 3 heterocycles. The van der Waals surface area contributed by atoms with E-state index >= 15 is 0 Å². The number of carbonyl (C=O) groups is 1. The third-order valence-corrected chi connectivity index (χ3v) is 7.10. The number of hydrogen-bond donors (Lipinski definition) is 2. The van der Waals surface area contributed by atoms with E-state index in [1.165, 1.54) is 12.1 Å². The quantitative estimate of drug-likeness (QED) is 0.410. The van der Waals surface area contributed by atoms with Gasteiger partial charge in [0.25, 0.3) is 0 Å². The molecular weight excluding hydrogens is 496 g/mol. The number of ether oxygens (including phenoxy) is 1. The maximum Gasteiger partial charge on any atom is 0.320 e. The SMILES string of the molecule is CC(Oc1cc(-c2cnn(C3CCN(C(C)C(=O)O)CC3)c2)cnc1N)c1c(Cl)ccc(F)c1Cl. The molecule has 4 rings (SSSR count). The second-order valence-corrected chi connectivity index (χ2v) is 9.40. The predicted molar refractivity (Wildman–Crippen MR) is 132 cm³/mol. The second-order valence-electron chi connectivity index (χ2n) is 8.61. The standard InChI is InChI=1S/C24H26Cl2FN5O3/c1-13(24(33)34)31-7-5-17(6-8-31)32-12-16(11-30-32)15-9-20(23(28)29-10-15)35-14(2)21-18(25)3-4-19(27)22(21)26/h3-4,9-14,17H,5-8H2,1-2H3,(H2,28,29)(H,33,34). The largest absolute Gasteiger partial charge is 0.482 e. The summed E-state index contributed by atoms with van der Waals surface area (Å²) in [4.78, 5) is 17.5. The molecule has 35 heavy (non-hydrogen) atoms. The van der Waals surface area contributed by atoms with Crippen molar-refractivity contribution >= 4 is 35.0 Å². The Labute approximate surface area is 212 Å². The van der Waals surface area contributed by atoms with Crippen molar-refractivity contribution in [1.29, 1.82) is 0 Å². The first kappa shape index (κ1) is 25.2. The van der Waals surface area contributed by atoms with E-state index in [1.807, 2.05) is 15.8 Å². The average Bonchev–Trinajstić information content (AvgIpc) is 3.33. The number of anilines is 1. The van der Waals surface area contributed by atoms with Gasteiger partial charge in [0.1, 0.15) is 18.0 Å². The smallest absolute Gasteiger partial charge is 0.320 e. The number of aliphatic carboxylic acids is 1. The molecule has 2 aromatic heterocycles. The number of nitrogen functional groups attached to an aromatic ring is 1.